The molecule has 1 N–H and O–H groups in total. The van der Waals surface area contributed by atoms with Gasteiger partial charge in [0.1, 0.15) is 5.82 Å². The molecule has 0 radical (unpaired) electrons. The summed E-state index contributed by atoms with van der Waals surface area (Å²) in [7, 11) is 0. The van der Waals surface area contributed by atoms with Crippen LogP contribution < -0.4 is 5.32 Å². The number of hydrogen-bond acceptors (Lipinski definition) is 4. The van der Waals surface area contributed by atoms with Crippen molar-refractivity contribution in [2.75, 3.05) is 18.4 Å². The summed E-state index contributed by atoms with van der Waals surface area (Å²) in [6, 6.07) is 14.1. The summed E-state index contributed by atoms with van der Waals surface area (Å²) in [4.78, 5) is 19.6. The lowest BCUT2D eigenvalue weighted by Gasteiger charge is -2.35. The third-order valence-corrected chi connectivity index (χ3v) is 6.37. The molecule has 4 nitrogen and oxygen atoms in total. The number of likely N-dealkylation sites (tertiary alicyclic amines) is 1. The van der Waals surface area contributed by atoms with E-state index in [1.807, 2.05) is 25.1 Å². The summed E-state index contributed by atoms with van der Waals surface area (Å²) in [5.41, 5.74) is 1.27. The summed E-state index contributed by atoms with van der Waals surface area (Å²) in [5, 5.41) is 3.86. The molecule has 2 atom stereocenters. The van der Waals surface area contributed by atoms with Gasteiger partial charge in [0.05, 0.1) is 27.0 Å². The van der Waals surface area contributed by atoms with E-state index >= 15 is 0 Å². The number of rotatable bonds is 4. The predicted molar refractivity (Wildman–Crippen MR) is 108 cm³/mol. The van der Waals surface area contributed by atoms with Crippen LogP contribution >= 0.6 is 11.3 Å². The molecule has 1 aliphatic heterocycles. The minimum Gasteiger partial charge on any atom is -0.322 e. The number of carbonyl (C=O) groups is 1. The van der Waals surface area contributed by atoms with Gasteiger partial charge < -0.3 is 5.32 Å². The van der Waals surface area contributed by atoms with Gasteiger partial charge in [0.15, 0.2) is 0 Å². The summed E-state index contributed by atoms with van der Waals surface area (Å²) >= 11 is 1.74. The van der Waals surface area contributed by atoms with Gasteiger partial charge in [-0.05, 0) is 50.6 Å². The van der Waals surface area contributed by atoms with E-state index < -0.39 is 5.82 Å². The van der Waals surface area contributed by atoms with Crippen molar-refractivity contribution in [1.29, 1.82) is 0 Å². The molecule has 1 fully saturated rings. The van der Waals surface area contributed by atoms with Crippen molar-refractivity contribution in [1.82, 2.24) is 9.88 Å². The Labute approximate surface area is 162 Å². The van der Waals surface area contributed by atoms with Crippen molar-refractivity contribution < 1.29 is 9.18 Å². The van der Waals surface area contributed by atoms with E-state index in [-0.39, 0.29) is 17.6 Å². The van der Waals surface area contributed by atoms with Crippen LogP contribution in [0.4, 0.5) is 10.1 Å². The van der Waals surface area contributed by atoms with Gasteiger partial charge in [-0.15, -0.1) is 11.3 Å². The van der Waals surface area contributed by atoms with Crippen LogP contribution in [0, 0.1) is 5.82 Å². The van der Waals surface area contributed by atoms with Gasteiger partial charge in [0.2, 0.25) is 5.91 Å². The number of amides is 1. The Morgan fingerprint density at radius 1 is 1.26 bits per heavy atom. The zero-order valence-corrected chi connectivity index (χ0v) is 16.0. The zero-order chi connectivity index (χ0) is 18.8. The molecule has 0 spiro atoms. The maximum Gasteiger partial charge on any atom is 0.241 e. The standard InChI is InChI=1S/C21H22FN3OS/c1-14(20(26)23-17-9-3-2-8-16(17)22)25-12-6-7-15(13-25)21-24-18-10-4-5-11-19(18)27-21/h2-5,8-11,14-15H,6-7,12-13H2,1H3,(H,23,26). The maximum atomic E-state index is 13.8. The Balaban J connectivity index is 1.45. The largest absolute Gasteiger partial charge is 0.322 e. The van der Waals surface area contributed by atoms with Crippen LogP contribution in [0.25, 0.3) is 10.2 Å². The zero-order valence-electron chi connectivity index (χ0n) is 15.2. The number of carbonyl (C=O) groups excluding carboxylic acids is 1. The van der Waals surface area contributed by atoms with Crippen molar-refractivity contribution in [3.63, 3.8) is 0 Å². The van der Waals surface area contributed by atoms with E-state index in [2.05, 4.69) is 16.3 Å². The lowest BCUT2D eigenvalue weighted by molar-refractivity contribution is -0.121. The number of piperidine rings is 1. The Kier molecular flexibility index (Phi) is 5.18. The number of benzene rings is 2. The third-order valence-electron chi connectivity index (χ3n) is 5.17. The van der Waals surface area contributed by atoms with Gasteiger partial charge in [-0.2, -0.15) is 0 Å². The van der Waals surface area contributed by atoms with Crippen LogP contribution in [0.5, 0.6) is 0 Å². The lowest BCUT2D eigenvalue weighted by atomic mass is 9.97. The minimum absolute atomic E-state index is 0.176. The highest BCUT2D eigenvalue weighted by Crippen LogP contribution is 2.33. The first-order valence-corrected chi connectivity index (χ1v) is 10.1. The first-order chi connectivity index (χ1) is 13.1. The lowest BCUT2D eigenvalue weighted by Crippen LogP contribution is -2.46. The maximum absolute atomic E-state index is 13.8. The highest BCUT2D eigenvalue weighted by atomic mass is 32.1. The van der Waals surface area contributed by atoms with Crippen molar-refractivity contribution >= 4 is 33.1 Å². The van der Waals surface area contributed by atoms with E-state index in [0.29, 0.717) is 5.92 Å². The van der Waals surface area contributed by atoms with Crippen molar-refractivity contribution in [3.8, 4) is 0 Å². The van der Waals surface area contributed by atoms with Crippen LogP contribution in [0.3, 0.4) is 0 Å². The quantitative estimate of drug-likeness (QED) is 0.714. The Hall–Kier alpha value is -2.31. The number of halogens is 1. The highest BCUT2D eigenvalue weighted by molar-refractivity contribution is 7.18. The average Bonchev–Trinajstić information content (AvgIpc) is 3.13. The minimum atomic E-state index is -0.413. The Bertz CT molecular complexity index is 924. The first kappa shape index (κ1) is 18.1. The van der Waals surface area contributed by atoms with E-state index in [1.54, 1.807) is 29.5 Å². The van der Waals surface area contributed by atoms with Gasteiger partial charge in [-0.25, -0.2) is 9.37 Å². The molecule has 1 saturated heterocycles. The summed E-state index contributed by atoms with van der Waals surface area (Å²) in [6.45, 7) is 3.55. The molecule has 1 aromatic heterocycles. The van der Waals surface area contributed by atoms with E-state index in [0.717, 1.165) is 36.5 Å². The van der Waals surface area contributed by atoms with E-state index in [1.165, 1.54) is 10.8 Å². The van der Waals surface area contributed by atoms with Crippen LogP contribution in [0.1, 0.15) is 30.7 Å². The predicted octanol–water partition coefficient (Wildman–Crippen LogP) is 4.64. The number of thiazole rings is 1. The first-order valence-electron chi connectivity index (χ1n) is 9.27. The fraction of sp³-hybridized carbons (Fsp3) is 0.333. The number of hydrogen-bond donors (Lipinski definition) is 1. The number of nitrogens with zero attached hydrogens (tertiary/aromatic N) is 2. The molecule has 2 heterocycles. The van der Waals surface area contributed by atoms with Gasteiger partial charge in [0, 0.05) is 12.5 Å². The number of nitrogens with one attached hydrogen (secondary N) is 1. The molecule has 4 rings (SSSR count). The Morgan fingerprint density at radius 3 is 2.85 bits per heavy atom. The average molecular weight is 383 g/mol. The van der Waals surface area contributed by atoms with E-state index in [9.17, 15) is 9.18 Å². The second-order valence-corrected chi connectivity index (χ2v) is 8.06. The Morgan fingerprint density at radius 2 is 2.04 bits per heavy atom. The van der Waals surface area contributed by atoms with Gasteiger partial charge >= 0.3 is 0 Å². The number of aromatic nitrogens is 1. The van der Waals surface area contributed by atoms with Crippen LogP contribution in [0.2, 0.25) is 0 Å². The van der Waals surface area contributed by atoms with Crippen molar-refractivity contribution in [2.24, 2.45) is 0 Å². The second kappa shape index (κ2) is 7.74. The fourth-order valence-electron chi connectivity index (χ4n) is 3.59. The molecule has 140 valence electrons. The smallest absolute Gasteiger partial charge is 0.241 e. The molecule has 2 aromatic carbocycles. The van der Waals surface area contributed by atoms with Crippen LogP contribution in [-0.4, -0.2) is 34.9 Å². The number of fused-ring (bicyclic) bond motifs is 1. The molecule has 1 amide bonds. The van der Waals surface area contributed by atoms with Crippen LogP contribution in [-0.2, 0) is 4.79 Å². The van der Waals surface area contributed by atoms with Gasteiger partial charge in [0.25, 0.3) is 0 Å². The summed E-state index contributed by atoms with van der Waals surface area (Å²) in [5.74, 6) is -0.256. The molecular formula is C21H22FN3OS. The molecular weight excluding hydrogens is 361 g/mol. The molecule has 2 unspecified atom stereocenters. The van der Waals surface area contributed by atoms with Gasteiger partial charge in [-0.3, -0.25) is 9.69 Å². The number of para-hydroxylation sites is 2. The fourth-order valence-corrected chi connectivity index (χ4v) is 4.68. The topological polar surface area (TPSA) is 45.2 Å². The van der Waals surface area contributed by atoms with Crippen molar-refractivity contribution in [3.05, 3.63) is 59.4 Å². The SMILES string of the molecule is CC(C(=O)Nc1ccccc1F)N1CCCC(c2nc3ccccc3s2)C1. The van der Waals surface area contributed by atoms with E-state index in [4.69, 9.17) is 4.98 Å². The van der Waals surface area contributed by atoms with Crippen LogP contribution in [0.15, 0.2) is 48.5 Å². The molecule has 27 heavy (non-hydrogen) atoms. The third kappa shape index (κ3) is 3.87. The molecule has 0 bridgehead atoms. The van der Waals surface area contributed by atoms with Gasteiger partial charge in [-0.1, -0.05) is 24.3 Å². The normalized spacial score (nSPS) is 19.1. The molecule has 3 aromatic rings. The molecule has 0 aliphatic carbocycles. The molecule has 6 heteroatoms. The highest BCUT2D eigenvalue weighted by Gasteiger charge is 2.30. The monoisotopic (exact) mass is 383 g/mol. The number of anilines is 1. The summed E-state index contributed by atoms with van der Waals surface area (Å²) in [6.07, 6.45) is 2.11. The molecule has 0 saturated carbocycles. The van der Waals surface area contributed by atoms with Crippen molar-refractivity contribution in [2.45, 2.75) is 31.7 Å². The second-order valence-electron chi connectivity index (χ2n) is 7.00. The molecule has 1 aliphatic rings. The summed E-state index contributed by atoms with van der Waals surface area (Å²) < 4.78 is 15.0.